The first-order chi connectivity index (χ1) is 13.1. The SMILES string of the molecule is CC1=C2C(=O)N(C)C(C)=C2C(=O)N1C.CC1=NC(=O)c2c(C)[nH]c(O)c21.II. The van der Waals surface area contributed by atoms with E-state index in [0.29, 0.717) is 33.7 Å². The van der Waals surface area contributed by atoms with E-state index in [2.05, 4.69) is 47.2 Å². The first-order valence-corrected chi connectivity index (χ1v) is 14.5. The lowest BCUT2D eigenvalue weighted by Gasteiger charge is -2.15. The third-order valence-corrected chi connectivity index (χ3v) is 5.03. The summed E-state index contributed by atoms with van der Waals surface area (Å²) in [5.41, 5.74) is 4.94. The van der Waals surface area contributed by atoms with Crippen LogP contribution in [-0.2, 0) is 9.59 Å². The number of aromatic nitrogens is 1. The monoisotopic (exact) mass is 610 g/mol. The van der Waals surface area contributed by atoms with Gasteiger partial charge in [-0.05, 0) is 27.7 Å². The number of aromatic amines is 1. The summed E-state index contributed by atoms with van der Waals surface area (Å²) in [6.07, 6.45) is 0. The molecule has 0 unspecified atom stereocenters. The largest absolute Gasteiger partial charge is 0.494 e. The van der Waals surface area contributed by atoms with Crippen LogP contribution in [0.15, 0.2) is 27.5 Å². The molecule has 8 nitrogen and oxygen atoms in total. The predicted octanol–water partition coefficient (Wildman–Crippen LogP) is 3.24. The molecule has 0 radical (unpaired) electrons. The number of halogens is 2. The second kappa shape index (κ2) is 8.35. The van der Waals surface area contributed by atoms with E-state index in [1.165, 1.54) is 9.80 Å². The van der Waals surface area contributed by atoms with Gasteiger partial charge in [-0.3, -0.25) is 14.4 Å². The zero-order valence-corrected chi connectivity index (χ0v) is 20.6. The summed E-state index contributed by atoms with van der Waals surface area (Å²) < 4.78 is 0. The van der Waals surface area contributed by atoms with Gasteiger partial charge in [-0.1, -0.05) is 0 Å². The molecule has 4 heterocycles. The summed E-state index contributed by atoms with van der Waals surface area (Å²) in [6, 6.07) is 0. The highest BCUT2D eigenvalue weighted by Gasteiger charge is 2.42. The van der Waals surface area contributed by atoms with E-state index in [0.717, 1.165) is 11.4 Å². The van der Waals surface area contributed by atoms with Gasteiger partial charge in [0.1, 0.15) is 0 Å². The van der Waals surface area contributed by atoms with Crippen molar-refractivity contribution in [3.05, 3.63) is 39.4 Å². The molecule has 150 valence electrons. The highest BCUT2D eigenvalue weighted by Crippen LogP contribution is 2.37. The smallest absolute Gasteiger partial charge is 0.279 e. The molecule has 0 bridgehead atoms. The van der Waals surface area contributed by atoms with Crippen LogP contribution >= 0.6 is 37.2 Å². The Kier molecular flexibility index (Phi) is 6.74. The molecule has 3 aliphatic rings. The van der Waals surface area contributed by atoms with E-state index in [1.807, 2.05) is 0 Å². The summed E-state index contributed by atoms with van der Waals surface area (Å²) in [7, 11) is 3.38. The molecule has 0 fully saturated rings. The van der Waals surface area contributed by atoms with Gasteiger partial charge >= 0.3 is 0 Å². The molecule has 3 amide bonds. The minimum absolute atomic E-state index is 0.0367. The van der Waals surface area contributed by atoms with Crippen molar-refractivity contribution in [3.63, 3.8) is 0 Å². The number of aliphatic imine (C=N–C) groups is 1. The average Bonchev–Trinajstić information content (AvgIpc) is 3.28. The Morgan fingerprint density at radius 1 is 0.857 bits per heavy atom. The third kappa shape index (κ3) is 3.40. The molecule has 1 aromatic rings. The van der Waals surface area contributed by atoms with Crippen LogP contribution in [0.3, 0.4) is 0 Å². The lowest BCUT2D eigenvalue weighted by Crippen LogP contribution is -2.24. The second-order valence-electron chi connectivity index (χ2n) is 6.50. The molecule has 10 heteroatoms. The van der Waals surface area contributed by atoms with Crippen molar-refractivity contribution in [2.24, 2.45) is 4.99 Å². The zero-order chi connectivity index (χ0) is 21.5. The van der Waals surface area contributed by atoms with Gasteiger partial charge in [0.05, 0.1) is 28.0 Å². The molecule has 0 saturated heterocycles. The number of hydrogen-bond acceptors (Lipinski definition) is 4. The van der Waals surface area contributed by atoms with E-state index in [-0.39, 0.29) is 23.6 Å². The summed E-state index contributed by atoms with van der Waals surface area (Å²) >= 11 is 4.24. The lowest BCUT2D eigenvalue weighted by molar-refractivity contribution is -0.123. The Labute approximate surface area is 186 Å². The van der Waals surface area contributed by atoms with Crippen LogP contribution < -0.4 is 0 Å². The Balaban J connectivity index is 0.000000186. The number of rotatable bonds is 0. The number of likely N-dealkylation sites (N-methyl/N-ethyl adjacent to an activating group) is 2. The van der Waals surface area contributed by atoms with Gasteiger partial charge in [0.2, 0.25) is 0 Å². The number of allylic oxidation sites excluding steroid dienone is 2. The quantitative estimate of drug-likeness (QED) is 0.441. The molecule has 0 aliphatic carbocycles. The fourth-order valence-corrected chi connectivity index (χ4v) is 3.35. The van der Waals surface area contributed by atoms with E-state index in [9.17, 15) is 19.5 Å². The maximum absolute atomic E-state index is 11.7. The van der Waals surface area contributed by atoms with E-state index < -0.39 is 0 Å². The zero-order valence-electron chi connectivity index (χ0n) is 16.3. The maximum atomic E-state index is 11.7. The molecule has 2 N–H and O–H groups in total. The molecular formula is C18H20I2N4O4. The van der Waals surface area contributed by atoms with Crippen molar-refractivity contribution in [1.82, 2.24) is 14.8 Å². The van der Waals surface area contributed by atoms with Gasteiger partial charge in [-0.15, -0.1) is 0 Å². The van der Waals surface area contributed by atoms with E-state index in [4.69, 9.17) is 0 Å². The number of nitrogens with zero attached hydrogens (tertiary/aromatic N) is 3. The van der Waals surface area contributed by atoms with E-state index in [1.54, 1.807) is 41.8 Å². The van der Waals surface area contributed by atoms with Crippen LogP contribution in [0.5, 0.6) is 5.88 Å². The van der Waals surface area contributed by atoms with Crippen LogP contribution in [0.4, 0.5) is 0 Å². The average molecular weight is 610 g/mol. The van der Waals surface area contributed by atoms with Gasteiger partial charge in [-0.25, -0.2) is 4.99 Å². The number of carbonyl (C=O) groups excluding carboxylic acids is 3. The van der Waals surface area contributed by atoms with Crippen molar-refractivity contribution >= 4 is 60.7 Å². The predicted molar refractivity (Wildman–Crippen MR) is 123 cm³/mol. The molecule has 28 heavy (non-hydrogen) atoms. The van der Waals surface area contributed by atoms with Crippen LogP contribution in [0.2, 0.25) is 0 Å². The molecule has 0 saturated carbocycles. The molecular weight excluding hydrogens is 590 g/mol. The van der Waals surface area contributed by atoms with Crippen LogP contribution in [0.25, 0.3) is 0 Å². The van der Waals surface area contributed by atoms with E-state index >= 15 is 0 Å². The Morgan fingerprint density at radius 2 is 1.29 bits per heavy atom. The van der Waals surface area contributed by atoms with Crippen molar-refractivity contribution in [1.29, 1.82) is 0 Å². The Hall–Kier alpha value is -1.70. The Morgan fingerprint density at radius 3 is 1.68 bits per heavy atom. The number of fused-ring (bicyclic) bond motifs is 2. The number of amides is 3. The highest BCUT2D eigenvalue weighted by atomic mass is 128. The molecule has 3 aliphatic heterocycles. The highest BCUT2D eigenvalue weighted by molar-refractivity contribution is 15.0. The minimum Gasteiger partial charge on any atom is -0.494 e. The molecule has 0 aromatic carbocycles. The van der Waals surface area contributed by atoms with Crippen molar-refractivity contribution in [2.75, 3.05) is 14.1 Å². The Bertz CT molecular complexity index is 948. The van der Waals surface area contributed by atoms with Gasteiger partial charge in [0.15, 0.2) is 5.88 Å². The summed E-state index contributed by atoms with van der Waals surface area (Å²) in [5, 5.41) is 9.35. The fourth-order valence-electron chi connectivity index (χ4n) is 3.35. The fraction of sp³-hybridized carbons (Fsp3) is 0.333. The van der Waals surface area contributed by atoms with Crippen molar-refractivity contribution < 1.29 is 19.5 Å². The summed E-state index contributed by atoms with van der Waals surface area (Å²) in [4.78, 5) is 44.2. The van der Waals surface area contributed by atoms with Gasteiger partial charge in [0.25, 0.3) is 17.7 Å². The summed E-state index contributed by atoms with van der Waals surface area (Å²) in [5.74, 6) is -0.383. The molecule has 1 aromatic heterocycles. The number of H-pyrrole nitrogens is 1. The number of hydrogen-bond donors (Lipinski definition) is 2. The summed E-state index contributed by atoms with van der Waals surface area (Å²) in [6.45, 7) is 7.04. The molecule has 4 rings (SSSR count). The first-order valence-electron chi connectivity index (χ1n) is 8.21. The first kappa shape index (κ1) is 22.6. The molecule has 0 atom stereocenters. The topological polar surface area (TPSA) is 106 Å². The van der Waals surface area contributed by atoms with Gasteiger partial charge in [-0.2, -0.15) is 0 Å². The lowest BCUT2D eigenvalue weighted by atomic mass is 10.1. The number of aryl methyl sites for hydroxylation is 1. The van der Waals surface area contributed by atoms with Gasteiger partial charge < -0.3 is 19.9 Å². The standard InChI is InChI=1S/C10H12N2O2.C8H8N2O2.I2/c1-5-7-8(10(14)11(5)3)6(2)12(4)9(7)13;1-3-5-6(8(12)9-3)4(2)10-7(5)11;1-2/h1-4H3;9,12H,1-2H3;. The van der Waals surface area contributed by atoms with Crippen molar-refractivity contribution in [3.8, 4) is 5.88 Å². The molecule has 0 spiro atoms. The van der Waals surface area contributed by atoms with Crippen LogP contribution in [-0.4, -0.2) is 57.4 Å². The maximum Gasteiger partial charge on any atom is 0.279 e. The van der Waals surface area contributed by atoms with Crippen LogP contribution in [0.1, 0.15) is 42.4 Å². The number of nitrogens with one attached hydrogen (secondary N) is 1. The van der Waals surface area contributed by atoms with Crippen molar-refractivity contribution in [2.45, 2.75) is 27.7 Å². The minimum atomic E-state index is -0.267. The van der Waals surface area contributed by atoms with Gasteiger partial charge in [0, 0.05) is 68.4 Å². The number of aromatic hydroxyl groups is 1. The van der Waals surface area contributed by atoms with Crippen LogP contribution in [0, 0.1) is 6.92 Å². The third-order valence-electron chi connectivity index (χ3n) is 5.03. The number of carbonyl (C=O) groups is 3. The normalized spacial score (nSPS) is 17.4. The second-order valence-corrected chi connectivity index (χ2v) is 6.50.